The number of fused-ring (bicyclic) bond motifs is 1. The molecular formula is C22H23FN2O2. The summed E-state index contributed by atoms with van der Waals surface area (Å²) in [6.45, 7) is 0. The van der Waals surface area contributed by atoms with Crippen molar-refractivity contribution in [2.75, 3.05) is 5.32 Å². The van der Waals surface area contributed by atoms with Crippen LogP contribution in [0.5, 0.6) is 0 Å². The summed E-state index contributed by atoms with van der Waals surface area (Å²) in [4.78, 5) is 25.2. The first-order valence-electron chi connectivity index (χ1n) is 9.56. The van der Waals surface area contributed by atoms with Crippen molar-refractivity contribution in [1.82, 2.24) is 5.32 Å². The van der Waals surface area contributed by atoms with E-state index in [0.29, 0.717) is 11.6 Å². The van der Waals surface area contributed by atoms with Crippen LogP contribution in [0.2, 0.25) is 0 Å². The fourth-order valence-electron chi connectivity index (χ4n) is 4.33. The number of hydrogen-bond donors (Lipinski definition) is 2. The van der Waals surface area contributed by atoms with Crippen LogP contribution in [0.1, 0.15) is 55.2 Å². The number of hydrogen-bond acceptors (Lipinski definition) is 2. The first-order chi connectivity index (χ1) is 13.1. The van der Waals surface area contributed by atoms with E-state index in [9.17, 15) is 14.0 Å². The zero-order valence-electron chi connectivity index (χ0n) is 15.1. The molecule has 140 valence electrons. The predicted octanol–water partition coefficient (Wildman–Crippen LogP) is 4.30. The number of para-hydroxylation sites is 1. The van der Waals surface area contributed by atoms with Gasteiger partial charge in [-0.25, -0.2) is 4.39 Å². The standard InChI is InChI=1S/C22H23FN2O2/c23-16-11-9-15(10-12-16)21(14-5-1-2-6-14)25-22(27)18-13-20(26)24-19-8-4-3-7-17(18)19/h3-4,7-12,14,18,21H,1-2,5-6,13H2,(H,24,26)(H,25,27)/t18-,21-/m0/s1. The van der Waals surface area contributed by atoms with Crippen LogP contribution in [0.25, 0.3) is 0 Å². The van der Waals surface area contributed by atoms with Crippen LogP contribution >= 0.6 is 0 Å². The summed E-state index contributed by atoms with van der Waals surface area (Å²) < 4.78 is 13.4. The van der Waals surface area contributed by atoms with Gasteiger partial charge in [0.25, 0.3) is 0 Å². The number of anilines is 1. The second-order valence-corrected chi connectivity index (χ2v) is 7.47. The Morgan fingerprint density at radius 1 is 1.07 bits per heavy atom. The number of halogens is 1. The van der Waals surface area contributed by atoms with Gasteiger partial charge in [0.2, 0.25) is 11.8 Å². The Morgan fingerprint density at radius 2 is 1.78 bits per heavy atom. The average Bonchev–Trinajstić information content (AvgIpc) is 3.20. The lowest BCUT2D eigenvalue weighted by Crippen LogP contribution is -2.39. The third-order valence-electron chi connectivity index (χ3n) is 5.71. The van der Waals surface area contributed by atoms with Gasteiger partial charge in [-0.3, -0.25) is 9.59 Å². The molecule has 1 heterocycles. The molecular weight excluding hydrogens is 343 g/mol. The van der Waals surface area contributed by atoms with E-state index in [2.05, 4.69) is 10.6 Å². The van der Waals surface area contributed by atoms with Gasteiger partial charge >= 0.3 is 0 Å². The molecule has 2 aromatic carbocycles. The maximum absolute atomic E-state index is 13.4. The highest BCUT2D eigenvalue weighted by Crippen LogP contribution is 2.38. The summed E-state index contributed by atoms with van der Waals surface area (Å²) in [5.41, 5.74) is 2.47. The molecule has 1 fully saturated rings. The monoisotopic (exact) mass is 366 g/mol. The van der Waals surface area contributed by atoms with Crippen molar-refractivity contribution in [3.05, 3.63) is 65.5 Å². The van der Waals surface area contributed by atoms with E-state index < -0.39 is 5.92 Å². The smallest absolute Gasteiger partial charge is 0.228 e. The van der Waals surface area contributed by atoms with Crippen LogP contribution in [0, 0.1) is 11.7 Å². The molecule has 0 bridgehead atoms. The SMILES string of the molecule is O=C1C[C@H](C(=O)N[C@H](c2ccc(F)cc2)C2CCCC2)c2ccccc2N1. The van der Waals surface area contributed by atoms with E-state index in [4.69, 9.17) is 0 Å². The van der Waals surface area contributed by atoms with Crippen LogP contribution < -0.4 is 10.6 Å². The van der Waals surface area contributed by atoms with E-state index in [-0.39, 0.29) is 30.1 Å². The fourth-order valence-corrected chi connectivity index (χ4v) is 4.33. The molecule has 2 amide bonds. The second-order valence-electron chi connectivity index (χ2n) is 7.47. The highest BCUT2D eigenvalue weighted by Gasteiger charge is 2.34. The van der Waals surface area contributed by atoms with Gasteiger partial charge in [0.1, 0.15) is 5.82 Å². The third kappa shape index (κ3) is 3.72. The number of benzene rings is 2. The number of carbonyl (C=O) groups excluding carboxylic acids is 2. The average molecular weight is 366 g/mol. The first kappa shape index (κ1) is 17.7. The molecule has 4 rings (SSSR count). The van der Waals surface area contributed by atoms with Crippen molar-refractivity contribution in [3.8, 4) is 0 Å². The predicted molar refractivity (Wildman–Crippen MR) is 102 cm³/mol. The maximum atomic E-state index is 13.4. The molecule has 1 aliphatic carbocycles. The van der Waals surface area contributed by atoms with Gasteiger partial charge in [0, 0.05) is 12.1 Å². The van der Waals surface area contributed by atoms with Crippen molar-refractivity contribution in [3.63, 3.8) is 0 Å². The van der Waals surface area contributed by atoms with E-state index in [1.165, 1.54) is 12.1 Å². The molecule has 0 spiro atoms. The maximum Gasteiger partial charge on any atom is 0.228 e. The van der Waals surface area contributed by atoms with Gasteiger partial charge in [-0.05, 0) is 48.1 Å². The molecule has 0 unspecified atom stereocenters. The Kier molecular flexibility index (Phi) is 4.92. The van der Waals surface area contributed by atoms with E-state index in [0.717, 1.165) is 36.8 Å². The zero-order valence-corrected chi connectivity index (χ0v) is 15.1. The van der Waals surface area contributed by atoms with Crippen molar-refractivity contribution < 1.29 is 14.0 Å². The molecule has 4 nitrogen and oxygen atoms in total. The number of nitrogens with one attached hydrogen (secondary N) is 2. The van der Waals surface area contributed by atoms with E-state index in [1.807, 2.05) is 24.3 Å². The lowest BCUT2D eigenvalue weighted by atomic mass is 9.87. The second kappa shape index (κ2) is 7.51. The molecule has 2 atom stereocenters. The number of rotatable bonds is 4. The largest absolute Gasteiger partial charge is 0.348 e. The number of carbonyl (C=O) groups is 2. The molecule has 0 aromatic heterocycles. The van der Waals surface area contributed by atoms with Crippen LogP contribution in [-0.4, -0.2) is 11.8 Å². The molecule has 1 aliphatic heterocycles. The van der Waals surface area contributed by atoms with Crippen LogP contribution in [0.4, 0.5) is 10.1 Å². The lowest BCUT2D eigenvalue weighted by Gasteiger charge is -2.30. The molecule has 2 aliphatic rings. The van der Waals surface area contributed by atoms with Crippen molar-refractivity contribution in [1.29, 1.82) is 0 Å². The molecule has 0 saturated heterocycles. The summed E-state index contributed by atoms with van der Waals surface area (Å²) in [7, 11) is 0. The summed E-state index contributed by atoms with van der Waals surface area (Å²) in [5.74, 6) is -0.730. The summed E-state index contributed by atoms with van der Waals surface area (Å²) in [5, 5.41) is 6.01. The molecule has 2 aromatic rings. The normalized spacial score (nSPS) is 20.6. The highest BCUT2D eigenvalue weighted by atomic mass is 19.1. The molecule has 0 radical (unpaired) electrons. The minimum absolute atomic E-state index is 0.140. The summed E-state index contributed by atoms with van der Waals surface area (Å²) in [6, 6.07) is 13.7. The van der Waals surface area contributed by atoms with Crippen molar-refractivity contribution >= 4 is 17.5 Å². The minimum Gasteiger partial charge on any atom is -0.348 e. The van der Waals surface area contributed by atoms with Crippen LogP contribution in [0.3, 0.4) is 0 Å². The Labute approximate surface area is 158 Å². The fraction of sp³-hybridized carbons (Fsp3) is 0.364. The van der Waals surface area contributed by atoms with E-state index in [1.54, 1.807) is 12.1 Å². The zero-order chi connectivity index (χ0) is 18.8. The topological polar surface area (TPSA) is 58.2 Å². The Balaban J connectivity index is 1.60. The summed E-state index contributed by atoms with van der Waals surface area (Å²) in [6.07, 6.45) is 4.53. The van der Waals surface area contributed by atoms with Crippen LogP contribution in [-0.2, 0) is 9.59 Å². The quantitative estimate of drug-likeness (QED) is 0.848. The molecule has 27 heavy (non-hydrogen) atoms. The number of amides is 2. The molecule has 2 N–H and O–H groups in total. The van der Waals surface area contributed by atoms with Crippen molar-refractivity contribution in [2.24, 2.45) is 5.92 Å². The lowest BCUT2D eigenvalue weighted by molar-refractivity contribution is -0.127. The minimum atomic E-state index is -0.501. The highest BCUT2D eigenvalue weighted by molar-refractivity contribution is 6.01. The van der Waals surface area contributed by atoms with Gasteiger partial charge in [-0.2, -0.15) is 0 Å². The van der Waals surface area contributed by atoms with Gasteiger partial charge in [-0.15, -0.1) is 0 Å². The molecule has 5 heteroatoms. The molecule has 1 saturated carbocycles. The first-order valence-corrected chi connectivity index (χ1v) is 9.56. The van der Waals surface area contributed by atoms with Gasteiger partial charge in [-0.1, -0.05) is 43.2 Å². The Bertz CT molecular complexity index is 844. The van der Waals surface area contributed by atoms with Crippen molar-refractivity contribution in [2.45, 2.75) is 44.1 Å². The van der Waals surface area contributed by atoms with Crippen LogP contribution in [0.15, 0.2) is 48.5 Å². The van der Waals surface area contributed by atoms with Gasteiger partial charge < -0.3 is 10.6 Å². The van der Waals surface area contributed by atoms with Gasteiger partial charge in [0.05, 0.1) is 12.0 Å². The third-order valence-corrected chi connectivity index (χ3v) is 5.71. The Morgan fingerprint density at radius 3 is 2.52 bits per heavy atom. The van der Waals surface area contributed by atoms with E-state index >= 15 is 0 Å². The van der Waals surface area contributed by atoms with Gasteiger partial charge in [0.15, 0.2) is 0 Å². The Hall–Kier alpha value is -2.69. The summed E-state index contributed by atoms with van der Waals surface area (Å²) >= 11 is 0.